The Kier molecular flexibility index (Phi) is 4.48. The molecule has 0 bridgehead atoms. The number of nitrogens with one attached hydrogen (secondary N) is 1. The Hall–Kier alpha value is -0.970. The van der Waals surface area contributed by atoms with Gasteiger partial charge in [-0.25, -0.2) is 0 Å². The molecule has 2 rings (SSSR count). The second-order valence-electron chi connectivity index (χ2n) is 4.52. The number of nitrogens with zero attached hydrogens (tertiary/aromatic N) is 1. The van der Waals surface area contributed by atoms with Crippen LogP contribution in [0.4, 0.5) is 0 Å². The van der Waals surface area contributed by atoms with Crippen molar-refractivity contribution in [2.24, 2.45) is 0 Å². The maximum Gasteiger partial charge on any atom is 0.240 e. The Morgan fingerprint density at radius 3 is 2.88 bits per heavy atom. The fraction of sp³-hybridized carbons (Fsp3) is 0.667. The van der Waals surface area contributed by atoms with Gasteiger partial charge in [-0.1, -0.05) is 19.3 Å². The van der Waals surface area contributed by atoms with Crippen molar-refractivity contribution in [3.8, 4) is 0 Å². The summed E-state index contributed by atoms with van der Waals surface area (Å²) < 4.78 is 0. The first-order chi connectivity index (χ1) is 8.25. The van der Waals surface area contributed by atoms with Gasteiger partial charge in [0.1, 0.15) is 6.54 Å². The van der Waals surface area contributed by atoms with Crippen LogP contribution in [0.1, 0.15) is 32.1 Å². The number of hydrogen-bond acceptors (Lipinski definition) is 3. The number of carbonyl (C=O) groups excluding carboxylic acids is 2. The van der Waals surface area contributed by atoms with Crippen LogP contribution < -0.4 is 5.32 Å². The molecule has 1 saturated carbocycles. The minimum absolute atomic E-state index is 0.0105. The zero-order valence-corrected chi connectivity index (χ0v) is 10.7. The first-order valence-electron chi connectivity index (χ1n) is 6.13. The summed E-state index contributed by atoms with van der Waals surface area (Å²) in [6.45, 7) is 0.159. The van der Waals surface area contributed by atoms with E-state index in [0.717, 1.165) is 12.8 Å². The first kappa shape index (κ1) is 12.5. The molecule has 0 aromatic rings. The van der Waals surface area contributed by atoms with E-state index in [9.17, 15) is 9.59 Å². The predicted octanol–water partition coefficient (Wildman–Crippen LogP) is 1.48. The molecule has 17 heavy (non-hydrogen) atoms. The Bertz CT molecular complexity index is 324. The molecule has 1 heterocycles. The van der Waals surface area contributed by atoms with Crippen LogP contribution in [0.25, 0.3) is 0 Å². The fourth-order valence-corrected chi connectivity index (χ4v) is 2.86. The third-order valence-corrected chi connectivity index (χ3v) is 3.88. The standard InChI is InChI=1S/C12H18N2O2S/c15-11(13-10-4-2-1-3-5-10)8-14-6-7-17-9-12(14)16/h6-7,10H,1-5,8-9H2,(H,13,15). The molecule has 2 amide bonds. The molecular formula is C12H18N2O2S. The van der Waals surface area contributed by atoms with E-state index >= 15 is 0 Å². The van der Waals surface area contributed by atoms with Crippen molar-refractivity contribution in [2.45, 2.75) is 38.1 Å². The highest BCUT2D eigenvalue weighted by atomic mass is 32.2. The summed E-state index contributed by atoms with van der Waals surface area (Å²) in [7, 11) is 0. The summed E-state index contributed by atoms with van der Waals surface area (Å²) >= 11 is 1.47. The molecule has 1 N–H and O–H groups in total. The third-order valence-electron chi connectivity index (χ3n) is 3.15. The average molecular weight is 254 g/mol. The maximum absolute atomic E-state index is 11.8. The van der Waals surface area contributed by atoms with Crippen LogP contribution in [0.5, 0.6) is 0 Å². The van der Waals surface area contributed by atoms with Crippen LogP contribution in [0.2, 0.25) is 0 Å². The summed E-state index contributed by atoms with van der Waals surface area (Å²) in [5.74, 6) is 0.408. The molecule has 0 aromatic carbocycles. The van der Waals surface area contributed by atoms with E-state index in [0.29, 0.717) is 11.8 Å². The number of amides is 2. The lowest BCUT2D eigenvalue weighted by Gasteiger charge is -2.25. The largest absolute Gasteiger partial charge is 0.352 e. The normalized spacial score (nSPS) is 21.6. The highest BCUT2D eigenvalue weighted by Gasteiger charge is 2.20. The quantitative estimate of drug-likeness (QED) is 0.830. The predicted molar refractivity (Wildman–Crippen MR) is 68.3 cm³/mol. The minimum Gasteiger partial charge on any atom is -0.352 e. The Balaban J connectivity index is 1.78. The number of carbonyl (C=O) groups is 2. The van der Waals surface area contributed by atoms with Crippen LogP contribution in [0, 0.1) is 0 Å². The molecule has 94 valence electrons. The zero-order chi connectivity index (χ0) is 12.1. The highest BCUT2D eigenvalue weighted by Crippen LogP contribution is 2.17. The van der Waals surface area contributed by atoms with E-state index in [2.05, 4.69) is 5.32 Å². The molecule has 0 atom stereocenters. The van der Waals surface area contributed by atoms with Crippen LogP contribution in [0.3, 0.4) is 0 Å². The lowest BCUT2D eigenvalue weighted by molar-refractivity contribution is -0.132. The van der Waals surface area contributed by atoms with Crippen LogP contribution in [0.15, 0.2) is 11.6 Å². The molecule has 1 aliphatic carbocycles. The Morgan fingerprint density at radius 1 is 1.41 bits per heavy atom. The topological polar surface area (TPSA) is 49.4 Å². The monoisotopic (exact) mass is 254 g/mol. The maximum atomic E-state index is 11.8. The molecule has 1 aliphatic heterocycles. The fourth-order valence-electron chi connectivity index (χ4n) is 2.22. The molecule has 0 unspecified atom stereocenters. The summed E-state index contributed by atoms with van der Waals surface area (Å²) in [5.41, 5.74) is 0. The number of thioether (sulfide) groups is 1. The number of rotatable bonds is 3. The van der Waals surface area contributed by atoms with Gasteiger partial charge in [0, 0.05) is 12.2 Å². The van der Waals surface area contributed by atoms with Crippen LogP contribution in [-0.4, -0.2) is 35.1 Å². The van der Waals surface area contributed by atoms with Crippen molar-refractivity contribution in [2.75, 3.05) is 12.3 Å². The third kappa shape index (κ3) is 3.77. The van der Waals surface area contributed by atoms with Crippen molar-refractivity contribution < 1.29 is 9.59 Å². The second kappa shape index (κ2) is 6.10. The molecular weight excluding hydrogens is 236 g/mol. The summed E-state index contributed by atoms with van der Waals surface area (Å²) in [6, 6.07) is 0.314. The minimum atomic E-state index is -0.0400. The van der Waals surface area contributed by atoms with E-state index in [1.807, 2.05) is 5.41 Å². The van der Waals surface area contributed by atoms with Crippen LogP contribution in [-0.2, 0) is 9.59 Å². The van der Waals surface area contributed by atoms with Gasteiger partial charge in [0.05, 0.1) is 5.75 Å². The van der Waals surface area contributed by atoms with Gasteiger partial charge < -0.3 is 10.2 Å². The van der Waals surface area contributed by atoms with Gasteiger partial charge in [-0.3, -0.25) is 9.59 Å². The average Bonchev–Trinajstić information content (AvgIpc) is 2.33. The molecule has 0 spiro atoms. The molecule has 1 fully saturated rings. The Labute approximate surface area is 106 Å². The summed E-state index contributed by atoms with van der Waals surface area (Å²) in [4.78, 5) is 24.8. The van der Waals surface area contributed by atoms with Gasteiger partial charge in [-0.15, -0.1) is 11.8 Å². The van der Waals surface area contributed by atoms with Gasteiger partial charge >= 0.3 is 0 Å². The van der Waals surface area contributed by atoms with Crippen molar-refractivity contribution in [3.63, 3.8) is 0 Å². The van der Waals surface area contributed by atoms with E-state index in [-0.39, 0.29) is 18.4 Å². The molecule has 0 radical (unpaired) electrons. The summed E-state index contributed by atoms with van der Waals surface area (Å²) in [6.07, 6.45) is 7.51. The molecule has 5 heteroatoms. The van der Waals surface area contributed by atoms with E-state index in [1.54, 1.807) is 6.20 Å². The molecule has 4 nitrogen and oxygen atoms in total. The van der Waals surface area contributed by atoms with Gasteiger partial charge in [-0.05, 0) is 18.2 Å². The van der Waals surface area contributed by atoms with Gasteiger partial charge in [-0.2, -0.15) is 0 Å². The van der Waals surface area contributed by atoms with Gasteiger partial charge in [0.15, 0.2) is 0 Å². The van der Waals surface area contributed by atoms with Gasteiger partial charge in [0.25, 0.3) is 0 Å². The smallest absolute Gasteiger partial charge is 0.240 e. The molecule has 0 saturated heterocycles. The van der Waals surface area contributed by atoms with E-state index < -0.39 is 0 Å². The van der Waals surface area contributed by atoms with E-state index in [4.69, 9.17) is 0 Å². The molecule has 0 aromatic heterocycles. The van der Waals surface area contributed by atoms with E-state index in [1.165, 1.54) is 35.9 Å². The van der Waals surface area contributed by atoms with Crippen molar-refractivity contribution in [1.29, 1.82) is 0 Å². The second-order valence-corrected chi connectivity index (χ2v) is 5.41. The van der Waals surface area contributed by atoms with Crippen molar-refractivity contribution in [1.82, 2.24) is 10.2 Å². The lowest BCUT2D eigenvalue weighted by atomic mass is 9.95. The van der Waals surface area contributed by atoms with Crippen molar-refractivity contribution >= 4 is 23.6 Å². The SMILES string of the molecule is O=C(CN1C=CSCC1=O)NC1CCCCC1. The van der Waals surface area contributed by atoms with Crippen LogP contribution >= 0.6 is 11.8 Å². The first-order valence-corrected chi connectivity index (χ1v) is 7.18. The zero-order valence-electron chi connectivity index (χ0n) is 9.85. The number of hydrogen-bond donors (Lipinski definition) is 1. The summed E-state index contributed by atoms with van der Waals surface area (Å²) in [5, 5.41) is 4.87. The lowest BCUT2D eigenvalue weighted by Crippen LogP contribution is -2.43. The Morgan fingerprint density at radius 2 is 2.18 bits per heavy atom. The van der Waals surface area contributed by atoms with Crippen molar-refractivity contribution in [3.05, 3.63) is 11.6 Å². The highest BCUT2D eigenvalue weighted by molar-refractivity contribution is 8.02. The van der Waals surface area contributed by atoms with Gasteiger partial charge in [0.2, 0.25) is 11.8 Å². The molecule has 2 aliphatic rings.